The molecule has 0 saturated heterocycles. The van der Waals surface area contributed by atoms with Gasteiger partial charge >= 0.3 is 0 Å². The summed E-state index contributed by atoms with van der Waals surface area (Å²) in [5, 5.41) is 0. The Morgan fingerprint density at radius 2 is 1.48 bits per heavy atom. The zero-order valence-electron chi connectivity index (χ0n) is 12.4. The lowest BCUT2D eigenvalue weighted by Gasteiger charge is -2.22. The van der Waals surface area contributed by atoms with E-state index in [4.69, 9.17) is 0 Å². The van der Waals surface area contributed by atoms with E-state index in [2.05, 4.69) is 24.3 Å². The van der Waals surface area contributed by atoms with Gasteiger partial charge in [-0.25, -0.2) is 0 Å². The summed E-state index contributed by atoms with van der Waals surface area (Å²) in [6, 6.07) is 21.1. The van der Waals surface area contributed by atoms with Gasteiger partial charge in [-0.05, 0) is 24.0 Å². The smallest absolute Gasteiger partial charge is 0.223 e. The first-order valence-corrected chi connectivity index (χ1v) is 7.61. The van der Waals surface area contributed by atoms with Crippen molar-refractivity contribution in [3.8, 4) is 0 Å². The van der Waals surface area contributed by atoms with Crippen molar-refractivity contribution in [3.63, 3.8) is 0 Å². The molecule has 0 N–H and O–H groups in total. The van der Waals surface area contributed by atoms with E-state index in [1.165, 1.54) is 11.1 Å². The summed E-state index contributed by atoms with van der Waals surface area (Å²) < 4.78 is 0. The van der Waals surface area contributed by atoms with Gasteiger partial charge in [0.05, 0.1) is 0 Å². The van der Waals surface area contributed by atoms with Crippen molar-refractivity contribution in [2.24, 2.45) is 0 Å². The van der Waals surface area contributed by atoms with Crippen molar-refractivity contribution in [1.82, 2.24) is 4.90 Å². The molecule has 0 aliphatic heterocycles. The Balaban J connectivity index is 1.84. The van der Waals surface area contributed by atoms with E-state index in [1.807, 2.05) is 48.3 Å². The standard InChI is InChI=1S/C19H21NO/c1-20(17-12-13-17)19(21)14-18(15-8-4-2-5-9-15)16-10-6-3-7-11-16/h2-11,17-18H,12-14H2,1H3. The summed E-state index contributed by atoms with van der Waals surface area (Å²) in [6.45, 7) is 0. The average Bonchev–Trinajstić information content (AvgIpc) is 3.38. The number of carbonyl (C=O) groups is 1. The molecule has 3 rings (SSSR count). The molecule has 0 bridgehead atoms. The fourth-order valence-corrected chi connectivity index (χ4v) is 2.78. The van der Waals surface area contributed by atoms with Crippen LogP contribution in [0.25, 0.3) is 0 Å². The van der Waals surface area contributed by atoms with Gasteiger partial charge in [0.25, 0.3) is 0 Å². The third-order valence-electron chi connectivity index (χ3n) is 4.27. The maximum Gasteiger partial charge on any atom is 0.223 e. The van der Waals surface area contributed by atoms with Crippen LogP contribution in [0.2, 0.25) is 0 Å². The van der Waals surface area contributed by atoms with Gasteiger partial charge in [-0.3, -0.25) is 4.79 Å². The summed E-state index contributed by atoms with van der Waals surface area (Å²) in [4.78, 5) is 14.4. The fraction of sp³-hybridized carbons (Fsp3) is 0.316. The highest BCUT2D eigenvalue weighted by Gasteiger charge is 2.31. The number of hydrogen-bond donors (Lipinski definition) is 0. The molecule has 0 heterocycles. The van der Waals surface area contributed by atoms with Crippen molar-refractivity contribution in [2.75, 3.05) is 7.05 Å². The summed E-state index contributed by atoms with van der Waals surface area (Å²) in [5.74, 6) is 0.385. The molecule has 108 valence electrons. The van der Waals surface area contributed by atoms with E-state index in [9.17, 15) is 4.79 Å². The van der Waals surface area contributed by atoms with Crippen molar-refractivity contribution >= 4 is 5.91 Å². The van der Waals surface area contributed by atoms with Crippen LogP contribution in [-0.2, 0) is 4.79 Å². The van der Waals surface area contributed by atoms with E-state index in [0.717, 1.165) is 12.8 Å². The highest BCUT2D eigenvalue weighted by atomic mass is 16.2. The van der Waals surface area contributed by atoms with Gasteiger partial charge in [0.15, 0.2) is 0 Å². The van der Waals surface area contributed by atoms with E-state index in [0.29, 0.717) is 12.5 Å². The lowest BCUT2D eigenvalue weighted by molar-refractivity contribution is -0.130. The number of nitrogens with zero attached hydrogens (tertiary/aromatic N) is 1. The summed E-state index contributed by atoms with van der Waals surface area (Å²) in [6.07, 6.45) is 2.86. The minimum absolute atomic E-state index is 0.140. The predicted octanol–water partition coefficient (Wildman–Crippen LogP) is 3.83. The van der Waals surface area contributed by atoms with Crippen LogP contribution < -0.4 is 0 Å². The highest BCUT2D eigenvalue weighted by Crippen LogP contribution is 2.31. The Bertz CT molecular complexity index is 550. The van der Waals surface area contributed by atoms with Crippen molar-refractivity contribution in [2.45, 2.75) is 31.2 Å². The third-order valence-corrected chi connectivity index (χ3v) is 4.27. The van der Waals surface area contributed by atoms with Crippen LogP contribution in [0, 0.1) is 0 Å². The number of amides is 1. The first-order valence-electron chi connectivity index (χ1n) is 7.61. The summed E-state index contributed by atoms with van der Waals surface area (Å²) in [5.41, 5.74) is 2.42. The number of rotatable bonds is 5. The molecule has 0 unspecified atom stereocenters. The van der Waals surface area contributed by atoms with E-state index >= 15 is 0 Å². The van der Waals surface area contributed by atoms with Crippen LogP contribution in [0.4, 0.5) is 0 Å². The summed E-state index contributed by atoms with van der Waals surface area (Å²) in [7, 11) is 1.94. The molecule has 1 fully saturated rings. The molecule has 2 aromatic rings. The Morgan fingerprint density at radius 1 is 1.00 bits per heavy atom. The minimum atomic E-state index is 0.140. The van der Waals surface area contributed by atoms with E-state index in [-0.39, 0.29) is 11.8 Å². The molecule has 1 saturated carbocycles. The molecular formula is C19H21NO. The van der Waals surface area contributed by atoms with Gasteiger partial charge in [0.2, 0.25) is 5.91 Å². The Kier molecular flexibility index (Phi) is 4.05. The normalized spacial score (nSPS) is 14.2. The fourth-order valence-electron chi connectivity index (χ4n) is 2.78. The van der Waals surface area contributed by atoms with Gasteiger partial charge in [-0.15, -0.1) is 0 Å². The molecule has 1 aliphatic carbocycles. The molecule has 0 atom stereocenters. The van der Waals surface area contributed by atoms with Crippen molar-refractivity contribution < 1.29 is 4.79 Å². The van der Waals surface area contributed by atoms with Gasteiger partial charge in [0.1, 0.15) is 0 Å². The molecule has 21 heavy (non-hydrogen) atoms. The maximum atomic E-state index is 12.5. The topological polar surface area (TPSA) is 20.3 Å². The maximum absolute atomic E-state index is 12.5. The first kappa shape index (κ1) is 13.9. The number of carbonyl (C=O) groups excluding carboxylic acids is 1. The zero-order chi connectivity index (χ0) is 14.7. The van der Waals surface area contributed by atoms with Crippen LogP contribution in [0.3, 0.4) is 0 Å². The van der Waals surface area contributed by atoms with Crippen LogP contribution in [0.5, 0.6) is 0 Å². The molecule has 0 spiro atoms. The minimum Gasteiger partial charge on any atom is -0.343 e. The van der Waals surface area contributed by atoms with Gasteiger partial charge < -0.3 is 4.90 Å². The first-order chi connectivity index (χ1) is 10.3. The highest BCUT2D eigenvalue weighted by molar-refractivity contribution is 5.78. The molecule has 2 nitrogen and oxygen atoms in total. The van der Waals surface area contributed by atoms with E-state index < -0.39 is 0 Å². The second kappa shape index (κ2) is 6.13. The second-order valence-corrected chi connectivity index (χ2v) is 5.81. The van der Waals surface area contributed by atoms with Crippen LogP contribution in [-0.4, -0.2) is 23.9 Å². The Labute approximate surface area is 126 Å². The van der Waals surface area contributed by atoms with Gasteiger partial charge in [0, 0.05) is 25.4 Å². The molecule has 1 amide bonds. The molecule has 1 aliphatic rings. The lowest BCUT2D eigenvalue weighted by Crippen LogP contribution is -2.30. The number of benzene rings is 2. The van der Waals surface area contributed by atoms with Crippen LogP contribution in [0.15, 0.2) is 60.7 Å². The number of hydrogen-bond acceptors (Lipinski definition) is 1. The summed E-state index contributed by atoms with van der Waals surface area (Å²) >= 11 is 0. The third kappa shape index (κ3) is 3.33. The van der Waals surface area contributed by atoms with E-state index in [1.54, 1.807) is 0 Å². The zero-order valence-corrected chi connectivity index (χ0v) is 12.4. The quantitative estimate of drug-likeness (QED) is 0.814. The van der Waals surface area contributed by atoms with Crippen molar-refractivity contribution in [1.29, 1.82) is 0 Å². The average molecular weight is 279 g/mol. The van der Waals surface area contributed by atoms with Gasteiger partial charge in [-0.2, -0.15) is 0 Å². The van der Waals surface area contributed by atoms with Gasteiger partial charge in [-0.1, -0.05) is 60.7 Å². The largest absolute Gasteiger partial charge is 0.343 e. The van der Waals surface area contributed by atoms with Crippen LogP contribution in [0.1, 0.15) is 36.3 Å². The second-order valence-electron chi connectivity index (χ2n) is 5.81. The molecular weight excluding hydrogens is 258 g/mol. The molecule has 0 aromatic heterocycles. The lowest BCUT2D eigenvalue weighted by atomic mass is 9.88. The SMILES string of the molecule is CN(C(=O)CC(c1ccccc1)c1ccccc1)C1CC1. The molecule has 0 radical (unpaired) electrons. The Morgan fingerprint density at radius 3 is 1.90 bits per heavy atom. The van der Waals surface area contributed by atoms with Crippen molar-refractivity contribution in [3.05, 3.63) is 71.8 Å². The predicted molar refractivity (Wildman–Crippen MR) is 85.1 cm³/mol. The van der Waals surface area contributed by atoms with Crippen LogP contribution >= 0.6 is 0 Å². The molecule has 2 aromatic carbocycles. The Hall–Kier alpha value is -2.09. The molecule has 2 heteroatoms. The monoisotopic (exact) mass is 279 g/mol.